The Balaban J connectivity index is 1.78. The van der Waals surface area contributed by atoms with Gasteiger partial charge < -0.3 is 9.64 Å². The SMILES string of the molecule is Cc1cc(N(CCC#N)CCC#N)ccc1/C=C1N=C(/C=C/c2ccccc2)OC/1=O. The highest BCUT2D eigenvalue weighted by molar-refractivity contribution is 6.11. The number of carbonyl (C=O) groups excluding carboxylic acids is 1. The van der Waals surface area contributed by atoms with Crippen molar-refractivity contribution in [1.82, 2.24) is 0 Å². The van der Waals surface area contributed by atoms with Crippen molar-refractivity contribution in [2.45, 2.75) is 19.8 Å². The minimum Gasteiger partial charge on any atom is -0.403 e. The van der Waals surface area contributed by atoms with Crippen molar-refractivity contribution in [3.63, 3.8) is 0 Å². The summed E-state index contributed by atoms with van der Waals surface area (Å²) >= 11 is 0. The average molecular weight is 410 g/mol. The summed E-state index contributed by atoms with van der Waals surface area (Å²) in [7, 11) is 0. The van der Waals surface area contributed by atoms with E-state index in [2.05, 4.69) is 17.1 Å². The van der Waals surface area contributed by atoms with Crippen LogP contribution in [0.5, 0.6) is 0 Å². The molecule has 0 amide bonds. The number of carbonyl (C=O) groups is 1. The second-order valence-corrected chi connectivity index (χ2v) is 6.96. The summed E-state index contributed by atoms with van der Waals surface area (Å²) in [6.07, 6.45) is 5.99. The molecule has 6 heteroatoms. The molecule has 0 fully saturated rings. The first-order chi connectivity index (χ1) is 15.1. The molecule has 3 rings (SSSR count). The number of aliphatic imine (C=N–C) groups is 1. The quantitative estimate of drug-likeness (QED) is 0.467. The van der Waals surface area contributed by atoms with E-state index in [1.807, 2.05) is 66.4 Å². The number of cyclic esters (lactones) is 1. The van der Waals surface area contributed by atoms with Crippen LogP contribution in [0.15, 0.2) is 65.3 Å². The number of rotatable bonds is 8. The Hall–Kier alpha value is -4.16. The van der Waals surface area contributed by atoms with E-state index in [1.165, 1.54) is 0 Å². The number of nitriles is 2. The lowest BCUT2D eigenvalue weighted by molar-refractivity contribution is -0.129. The maximum Gasteiger partial charge on any atom is 0.363 e. The van der Waals surface area contributed by atoms with E-state index in [9.17, 15) is 4.79 Å². The van der Waals surface area contributed by atoms with Gasteiger partial charge in [0.15, 0.2) is 5.70 Å². The molecule has 0 atom stereocenters. The smallest absolute Gasteiger partial charge is 0.363 e. The predicted molar refractivity (Wildman–Crippen MR) is 121 cm³/mol. The Morgan fingerprint density at radius 1 is 1.03 bits per heavy atom. The molecular weight excluding hydrogens is 388 g/mol. The maximum atomic E-state index is 12.2. The Kier molecular flexibility index (Phi) is 7.35. The van der Waals surface area contributed by atoms with Gasteiger partial charge in [0, 0.05) is 24.9 Å². The number of hydrogen-bond acceptors (Lipinski definition) is 6. The molecule has 0 bridgehead atoms. The van der Waals surface area contributed by atoms with Gasteiger partial charge in [0.25, 0.3) is 0 Å². The van der Waals surface area contributed by atoms with Crippen LogP contribution in [0, 0.1) is 29.6 Å². The average Bonchev–Trinajstić information content (AvgIpc) is 3.14. The monoisotopic (exact) mass is 410 g/mol. The highest BCUT2D eigenvalue weighted by atomic mass is 16.6. The minimum atomic E-state index is -0.485. The van der Waals surface area contributed by atoms with Crippen molar-refractivity contribution in [3.05, 3.63) is 77.0 Å². The zero-order valence-corrected chi connectivity index (χ0v) is 17.3. The fraction of sp³-hybridized carbons (Fsp3) is 0.200. The first kappa shape index (κ1) is 21.5. The van der Waals surface area contributed by atoms with E-state index in [0.29, 0.717) is 25.9 Å². The van der Waals surface area contributed by atoms with Gasteiger partial charge in [-0.05, 0) is 47.9 Å². The van der Waals surface area contributed by atoms with Crippen molar-refractivity contribution in [2.75, 3.05) is 18.0 Å². The zero-order chi connectivity index (χ0) is 22.1. The van der Waals surface area contributed by atoms with E-state index in [0.717, 1.165) is 22.4 Å². The molecule has 0 radical (unpaired) electrons. The highest BCUT2D eigenvalue weighted by Crippen LogP contribution is 2.24. The fourth-order valence-corrected chi connectivity index (χ4v) is 3.13. The minimum absolute atomic E-state index is 0.245. The van der Waals surface area contributed by atoms with Gasteiger partial charge in [-0.3, -0.25) is 0 Å². The number of hydrogen-bond donors (Lipinski definition) is 0. The van der Waals surface area contributed by atoms with E-state index in [1.54, 1.807) is 12.2 Å². The second-order valence-electron chi connectivity index (χ2n) is 6.96. The number of aryl methyl sites for hydroxylation is 1. The van der Waals surface area contributed by atoms with Gasteiger partial charge in [0.1, 0.15) is 0 Å². The van der Waals surface area contributed by atoms with E-state index in [4.69, 9.17) is 15.3 Å². The molecule has 0 N–H and O–H groups in total. The van der Waals surface area contributed by atoms with E-state index < -0.39 is 5.97 Å². The summed E-state index contributed by atoms with van der Waals surface area (Å²) in [4.78, 5) is 18.5. The summed E-state index contributed by atoms with van der Waals surface area (Å²) in [5, 5.41) is 17.8. The molecule has 0 unspecified atom stereocenters. The van der Waals surface area contributed by atoms with E-state index >= 15 is 0 Å². The molecule has 0 aliphatic carbocycles. The number of ether oxygens (including phenoxy) is 1. The molecule has 2 aromatic carbocycles. The van der Waals surface area contributed by atoms with Gasteiger partial charge >= 0.3 is 5.97 Å². The number of benzene rings is 2. The van der Waals surface area contributed by atoms with Crippen LogP contribution in [-0.2, 0) is 9.53 Å². The van der Waals surface area contributed by atoms with Crippen molar-refractivity contribution in [1.29, 1.82) is 10.5 Å². The van der Waals surface area contributed by atoms with Gasteiger partial charge in [0.05, 0.1) is 25.0 Å². The first-order valence-corrected chi connectivity index (χ1v) is 9.96. The van der Waals surface area contributed by atoms with Crippen LogP contribution in [0.1, 0.15) is 29.5 Å². The fourth-order valence-electron chi connectivity index (χ4n) is 3.13. The van der Waals surface area contributed by atoms with Crippen molar-refractivity contribution in [3.8, 4) is 12.1 Å². The standard InChI is InChI=1S/C25H22N4O2/c1-19-17-22(29(15-5-13-26)16-6-14-27)11-10-21(19)18-23-25(30)31-24(28-23)12-9-20-7-3-2-4-8-20/h2-4,7-12,17-18H,5-6,15-16H2,1H3/b12-9+,23-18+. The number of nitrogens with zero attached hydrogens (tertiary/aromatic N) is 4. The summed E-state index contributed by atoms with van der Waals surface area (Å²) in [6.45, 7) is 3.07. The summed E-state index contributed by atoms with van der Waals surface area (Å²) in [6, 6.07) is 19.8. The van der Waals surface area contributed by atoms with E-state index in [-0.39, 0.29) is 11.6 Å². The number of esters is 1. The lowest BCUT2D eigenvalue weighted by Crippen LogP contribution is -2.25. The van der Waals surface area contributed by atoms with Crippen molar-refractivity contribution >= 4 is 29.7 Å². The van der Waals surface area contributed by atoms with Crippen LogP contribution >= 0.6 is 0 Å². The molecule has 31 heavy (non-hydrogen) atoms. The Morgan fingerprint density at radius 2 is 1.74 bits per heavy atom. The van der Waals surface area contributed by atoms with Gasteiger partial charge in [-0.2, -0.15) is 10.5 Å². The molecule has 0 saturated heterocycles. The third-order valence-electron chi connectivity index (χ3n) is 4.75. The van der Waals surface area contributed by atoms with Crippen molar-refractivity contribution in [2.24, 2.45) is 4.99 Å². The van der Waals surface area contributed by atoms with Crippen LogP contribution < -0.4 is 4.90 Å². The first-order valence-electron chi connectivity index (χ1n) is 9.96. The van der Waals surface area contributed by atoms with Gasteiger partial charge in [-0.25, -0.2) is 9.79 Å². The Bertz CT molecular complexity index is 1100. The van der Waals surface area contributed by atoms with Crippen LogP contribution in [0.4, 0.5) is 5.69 Å². The molecule has 154 valence electrons. The maximum absolute atomic E-state index is 12.2. The van der Waals surface area contributed by atoms with Crippen LogP contribution in [-0.4, -0.2) is 25.0 Å². The van der Waals surface area contributed by atoms with Gasteiger partial charge in [-0.1, -0.05) is 36.4 Å². The van der Waals surface area contributed by atoms with Crippen molar-refractivity contribution < 1.29 is 9.53 Å². The number of anilines is 1. The molecule has 6 nitrogen and oxygen atoms in total. The zero-order valence-electron chi connectivity index (χ0n) is 17.3. The molecule has 0 spiro atoms. The van der Waals surface area contributed by atoms with Gasteiger partial charge in [-0.15, -0.1) is 0 Å². The molecule has 1 heterocycles. The van der Waals surface area contributed by atoms with Crippen LogP contribution in [0.25, 0.3) is 12.2 Å². The third kappa shape index (κ3) is 5.91. The molecule has 0 aromatic heterocycles. The lowest BCUT2D eigenvalue weighted by atomic mass is 10.1. The molecule has 2 aromatic rings. The summed E-state index contributed by atoms with van der Waals surface area (Å²) in [5.41, 5.74) is 3.99. The molecular formula is C25H22N4O2. The molecule has 1 aliphatic heterocycles. The van der Waals surface area contributed by atoms with Gasteiger partial charge in [0.2, 0.25) is 5.90 Å². The second kappa shape index (κ2) is 10.6. The Morgan fingerprint density at radius 3 is 2.39 bits per heavy atom. The topological polar surface area (TPSA) is 89.5 Å². The predicted octanol–water partition coefficient (Wildman–Crippen LogP) is 4.64. The summed E-state index contributed by atoms with van der Waals surface area (Å²) < 4.78 is 5.24. The molecule has 0 saturated carbocycles. The highest BCUT2D eigenvalue weighted by Gasteiger charge is 2.21. The normalized spacial score (nSPS) is 14.2. The Labute approximate surface area is 182 Å². The third-order valence-corrected chi connectivity index (χ3v) is 4.75. The van der Waals surface area contributed by atoms with Crippen LogP contribution in [0.2, 0.25) is 0 Å². The lowest BCUT2D eigenvalue weighted by Gasteiger charge is -2.23. The van der Waals surface area contributed by atoms with Crippen LogP contribution in [0.3, 0.4) is 0 Å². The summed E-state index contributed by atoms with van der Waals surface area (Å²) in [5.74, 6) is -0.227. The molecule has 1 aliphatic rings. The largest absolute Gasteiger partial charge is 0.403 e.